The molecule has 2 rings (SSSR count). The van der Waals surface area contributed by atoms with Crippen LogP contribution in [0, 0.1) is 0 Å². The maximum Gasteiger partial charge on any atom is 0.0892 e. The molecular weight excluding hydrogens is 150 g/mol. The van der Waals surface area contributed by atoms with E-state index >= 15 is 0 Å². The molecule has 0 radical (unpaired) electrons. The van der Waals surface area contributed by atoms with E-state index in [1.807, 2.05) is 0 Å². The van der Waals surface area contributed by atoms with Crippen molar-refractivity contribution < 1.29 is 0 Å². The molecule has 2 heterocycles. The molecule has 1 aromatic rings. The van der Waals surface area contributed by atoms with E-state index in [-0.39, 0.29) is 0 Å². The molecule has 3 heteroatoms. The zero-order valence-corrected chi connectivity index (χ0v) is 7.41. The molecule has 0 saturated heterocycles. The highest BCUT2D eigenvalue weighted by atomic mass is 15.3. The number of aryl methyl sites for hydroxylation is 1. The second kappa shape index (κ2) is 2.66. The quantitative estimate of drug-likeness (QED) is 0.666. The Morgan fingerprint density at radius 1 is 1.67 bits per heavy atom. The van der Waals surface area contributed by atoms with E-state index in [0.717, 1.165) is 6.42 Å². The van der Waals surface area contributed by atoms with Gasteiger partial charge in [0.25, 0.3) is 0 Å². The summed E-state index contributed by atoms with van der Waals surface area (Å²) in [6.07, 6.45) is 3.09. The first kappa shape index (κ1) is 7.40. The van der Waals surface area contributed by atoms with Crippen LogP contribution in [0.3, 0.4) is 0 Å². The van der Waals surface area contributed by atoms with Crippen LogP contribution in [-0.4, -0.2) is 10.3 Å². The third-order valence-electron chi connectivity index (χ3n) is 2.25. The van der Waals surface area contributed by atoms with Crippen molar-refractivity contribution in [1.82, 2.24) is 9.99 Å². The fourth-order valence-corrected chi connectivity index (χ4v) is 1.58. The van der Waals surface area contributed by atoms with Crippen LogP contribution in [0.2, 0.25) is 0 Å². The Morgan fingerprint density at radius 3 is 3.00 bits per heavy atom. The lowest BCUT2D eigenvalue weighted by Gasteiger charge is -2.10. The standard InChI is InChI=1S/C9H13N3/c1-7-6-8(11-10-7)9-4-3-5-12(9)2/h3-5,8,11H,6H2,1-2H3. The minimum absolute atomic E-state index is 0.380. The molecule has 0 aromatic carbocycles. The molecule has 12 heavy (non-hydrogen) atoms. The lowest BCUT2D eigenvalue weighted by Crippen LogP contribution is -2.13. The van der Waals surface area contributed by atoms with Crippen LogP contribution in [0.15, 0.2) is 23.4 Å². The Morgan fingerprint density at radius 2 is 2.50 bits per heavy atom. The van der Waals surface area contributed by atoms with Crippen molar-refractivity contribution in [3.8, 4) is 0 Å². The summed E-state index contributed by atoms with van der Waals surface area (Å²) in [5.74, 6) is 0. The second-order valence-electron chi connectivity index (χ2n) is 3.28. The van der Waals surface area contributed by atoms with Gasteiger partial charge in [-0.3, -0.25) is 0 Å². The molecule has 1 atom stereocenters. The molecule has 1 aliphatic heterocycles. The van der Waals surface area contributed by atoms with E-state index in [9.17, 15) is 0 Å². The fourth-order valence-electron chi connectivity index (χ4n) is 1.58. The molecule has 64 valence electrons. The molecule has 1 aromatic heterocycles. The molecule has 0 saturated carbocycles. The van der Waals surface area contributed by atoms with Crippen molar-refractivity contribution in [2.45, 2.75) is 19.4 Å². The maximum absolute atomic E-state index is 4.17. The lowest BCUT2D eigenvalue weighted by molar-refractivity contribution is 0.579. The van der Waals surface area contributed by atoms with Gasteiger partial charge < -0.3 is 9.99 Å². The number of hydrogen-bond donors (Lipinski definition) is 1. The summed E-state index contributed by atoms with van der Waals surface area (Å²) in [5.41, 5.74) is 5.60. The highest BCUT2D eigenvalue weighted by molar-refractivity contribution is 5.83. The number of hydrazone groups is 1. The maximum atomic E-state index is 4.17. The highest BCUT2D eigenvalue weighted by Gasteiger charge is 2.18. The van der Waals surface area contributed by atoms with Gasteiger partial charge in [-0.1, -0.05) is 0 Å². The van der Waals surface area contributed by atoms with E-state index in [0.29, 0.717) is 6.04 Å². The Hall–Kier alpha value is -1.25. The van der Waals surface area contributed by atoms with Crippen LogP contribution in [0.25, 0.3) is 0 Å². The first-order chi connectivity index (χ1) is 5.77. The van der Waals surface area contributed by atoms with Crippen LogP contribution < -0.4 is 5.43 Å². The molecule has 3 nitrogen and oxygen atoms in total. The Kier molecular flexibility index (Phi) is 1.64. The molecule has 1 unspecified atom stereocenters. The SMILES string of the molecule is CC1=NNC(c2cccn2C)C1. The van der Waals surface area contributed by atoms with Crippen molar-refractivity contribution in [3.63, 3.8) is 0 Å². The number of rotatable bonds is 1. The summed E-state index contributed by atoms with van der Waals surface area (Å²) in [6.45, 7) is 2.05. The number of hydrogen-bond acceptors (Lipinski definition) is 2. The van der Waals surface area contributed by atoms with E-state index in [4.69, 9.17) is 0 Å². The second-order valence-corrected chi connectivity index (χ2v) is 3.28. The smallest absolute Gasteiger partial charge is 0.0892 e. The third kappa shape index (κ3) is 1.11. The predicted octanol–water partition coefficient (Wildman–Crippen LogP) is 1.44. The summed E-state index contributed by atoms with van der Waals surface area (Å²) in [4.78, 5) is 0. The van der Waals surface area contributed by atoms with Crippen LogP contribution >= 0.6 is 0 Å². The fraction of sp³-hybridized carbons (Fsp3) is 0.444. The zero-order chi connectivity index (χ0) is 8.55. The minimum Gasteiger partial charge on any atom is -0.353 e. The van der Waals surface area contributed by atoms with E-state index in [2.05, 4.69) is 47.4 Å². The van der Waals surface area contributed by atoms with Crippen LogP contribution in [0.5, 0.6) is 0 Å². The molecule has 1 N–H and O–H groups in total. The molecule has 1 aliphatic rings. The van der Waals surface area contributed by atoms with Gasteiger partial charge in [-0.25, -0.2) is 0 Å². The molecule has 0 fully saturated rings. The summed E-state index contributed by atoms with van der Waals surface area (Å²) < 4.78 is 2.13. The Bertz CT molecular complexity index is 311. The van der Waals surface area contributed by atoms with Crippen molar-refractivity contribution in [1.29, 1.82) is 0 Å². The van der Waals surface area contributed by atoms with Crippen molar-refractivity contribution >= 4 is 5.71 Å². The Labute approximate surface area is 72.1 Å². The van der Waals surface area contributed by atoms with Gasteiger partial charge in [0, 0.05) is 31.1 Å². The van der Waals surface area contributed by atoms with E-state index in [1.54, 1.807) is 0 Å². The molecular formula is C9H13N3. The van der Waals surface area contributed by atoms with Gasteiger partial charge in [0.05, 0.1) is 6.04 Å². The average molecular weight is 163 g/mol. The minimum atomic E-state index is 0.380. The molecule has 0 aliphatic carbocycles. The first-order valence-corrected chi connectivity index (χ1v) is 4.17. The van der Waals surface area contributed by atoms with E-state index < -0.39 is 0 Å². The first-order valence-electron chi connectivity index (χ1n) is 4.17. The van der Waals surface area contributed by atoms with Gasteiger partial charge in [0.2, 0.25) is 0 Å². The van der Waals surface area contributed by atoms with Crippen LogP contribution in [-0.2, 0) is 7.05 Å². The summed E-state index contributed by atoms with van der Waals surface area (Å²) in [5, 5.41) is 4.17. The van der Waals surface area contributed by atoms with Crippen molar-refractivity contribution in [2.75, 3.05) is 0 Å². The summed E-state index contributed by atoms with van der Waals surface area (Å²) >= 11 is 0. The van der Waals surface area contributed by atoms with Crippen molar-refractivity contribution in [2.24, 2.45) is 12.1 Å². The predicted molar refractivity (Wildman–Crippen MR) is 49.0 cm³/mol. The molecule has 0 bridgehead atoms. The third-order valence-corrected chi connectivity index (χ3v) is 2.25. The normalized spacial score (nSPS) is 22.2. The van der Waals surface area contributed by atoms with E-state index in [1.165, 1.54) is 11.4 Å². The van der Waals surface area contributed by atoms with Gasteiger partial charge >= 0.3 is 0 Å². The van der Waals surface area contributed by atoms with Gasteiger partial charge in [-0.15, -0.1) is 0 Å². The largest absolute Gasteiger partial charge is 0.353 e. The monoisotopic (exact) mass is 163 g/mol. The topological polar surface area (TPSA) is 29.3 Å². The molecule has 0 amide bonds. The number of nitrogens with zero attached hydrogens (tertiary/aromatic N) is 2. The van der Waals surface area contributed by atoms with Gasteiger partial charge in [0.1, 0.15) is 0 Å². The van der Waals surface area contributed by atoms with Gasteiger partial charge in [-0.05, 0) is 19.1 Å². The van der Waals surface area contributed by atoms with Gasteiger partial charge in [-0.2, -0.15) is 5.10 Å². The van der Waals surface area contributed by atoms with Crippen molar-refractivity contribution in [3.05, 3.63) is 24.0 Å². The summed E-state index contributed by atoms with van der Waals surface area (Å²) in [7, 11) is 2.06. The summed E-state index contributed by atoms with van der Waals surface area (Å²) in [6, 6.07) is 4.57. The lowest BCUT2D eigenvalue weighted by atomic mass is 10.1. The zero-order valence-electron chi connectivity index (χ0n) is 7.41. The molecule has 0 spiro atoms. The number of aromatic nitrogens is 1. The number of nitrogens with one attached hydrogen (secondary N) is 1. The Balaban J connectivity index is 2.18. The van der Waals surface area contributed by atoms with Gasteiger partial charge in [0.15, 0.2) is 0 Å². The van der Waals surface area contributed by atoms with Crippen LogP contribution in [0.1, 0.15) is 25.1 Å². The highest BCUT2D eigenvalue weighted by Crippen LogP contribution is 2.20. The average Bonchev–Trinajstić information content (AvgIpc) is 2.58. The van der Waals surface area contributed by atoms with Crippen LogP contribution in [0.4, 0.5) is 0 Å².